The van der Waals surface area contributed by atoms with Crippen molar-refractivity contribution in [1.29, 1.82) is 0 Å². The van der Waals surface area contributed by atoms with Crippen LogP contribution in [-0.4, -0.2) is 40.1 Å². The van der Waals surface area contributed by atoms with Crippen LogP contribution in [0, 0.1) is 0 Å². The van der Waals surface area contributed by atoms with E-state index in [1.165, 1.54) is 0 Å². The summed E-state index contributed by atoms with van der Waals surface area (Å²) in [7, 11) is 0. The van der Waals surface area contributed by atoms with Crippen molar-refractivity contribution < 1.29 is 59.5 Å². The molecule has 0 fully saturated rings. The van der Waals surface area contributed by atoms with Crippen molar-refractivity contribution in [3.05, 3.63) is 11.5 Å². The minimum Gasteiger partial charge on any atom is -0.870 e. The number of rotatable bonds is 2. The number of hydrogen-bond donors (Lipinski definition) is 3. The fourth-order valence-electron chi connectivity index (χ4n) is 0.809. The molecular formula is C6H7NaO6. The van der Waals surface area contributed by atoms with Crippen LogP contribution in [0.15, 0.2) is 11.5 Å². The Morgan fingerprint density at radius 2 is 2.15 bits per heavy atom. The summed E-state index contributed by atoms with van der Waals surface area (Å²) in [4.78, 5) is 10.5. The van der Waals surface area contributed by atoms with Gasteiger partial charge in [-0.1, -0.05) is 0 Å². The molecule has 1 heterocycles. The van der Waals surface area contributed by atoms with Crippen molar-refractivity contribution >= 4 is 5.97 Å². The van der Waals surface area contributed by atoms with Crippen molar-refractivity contribution in [2.45, 2.75) is 12.2 Å². The quantitative estimate of drug-likeness (QED) is 0.301. The van der Waals surface area contributed by atoms with Gasteiger partial charge in [0.25, 0.3) is 0 Å². The Morgan fingerprint density at radius 1 is 1.62 bits per heavy atom. The normalized spacial score (nSPS) is 23.8. The van der Waals surface area contributed by atoms with Crippen LogP contribution < -0.4 is 34.7 Å². The van der Waals surface area contributed by atoms with Gasteiger partial charge in [-0.05, 0) is 5.76 Å². The molecule has 1 rings (SSSR count). The third-order valence-electron chi connectivity index (χ3n) is 1.46. The first-order valence-corrected chi connectivity index (χ1v) is 3.18. The zero-order valence-corrected chi connectivity index (χ0v) is 8.93. The fourth-order valence-corrected chi connectivity index (χ4v) is 0.809. The van der Waals surface area contributed by atoms with E-state index < -0.39 is 36.3 Å². The number of cyclic esters (lactones) is 1. The molecule has 0 aromatic rings. The summed E-state index contributed by atoms with van der Waals surface area (Å²) in [6, 6.07) is 0. The van der Waals surface area contributed by atoms with E-state index in [4.69, 9.17) is 15.3 Å². The Kier molecular flexibility index (Phi) is 4.72. The summed E-state index contributed by atoms with van der Waals surface area (Å²) in [5.74, 6) is -3.20. The first-order valence-electron chi connectivity index (χ1n) is 3.18. The number of esters is 1. The van der Waals surface area contributed by atoms with E-state index in [-0.39, 0.29) is 29.6 Å². The van der Waals surface area contributed by atoms with Crippen LogP contribution in [0.25, 0.3) is 0 Å². The predicted octanol–water partition coefficient (Wildman–Crippen LogP) is -5.60. The van der Waals surface area contributed by atoms with Gasteiger partial charge in [-0.25, -0.2) is 4.79 Å². The largest absolute Gasteiger partial charge is 1.00 e. The molecule has 0 aliphatic carbocycles. The van der Waals surface area contributed by atoms with Crippen LogP contribution >= 0.6 is 0 Å². The van der Waals surface area contributed by atoms with Gasteiger partial charge in [-0.3, -0.25) is 0 Å². The van der Waals surface area contributed by atoms with Crippen LogP contribution in [0.5, 0.6) is 0 Å². The summed E-state index contributed by atoms with van der Waals surface area (Å²) >= 11 is 0. The Morgan fingerprint density at radius 3 is 2.46 bits per heavy atom. The van der Waals surface area contributed by atoms with Crippen molar-refractivity contribution in [3.8, 4) is 0 Å². The van der Waals surface area contributed by atoms with Crippen molar-refractivity contribution in [2.75, 3.05) is 6.61 Å². The van der Waals surface area contributed by atoms with Gasteiger partial charge >= 0.3 is 35.5 Å². The van der Waals surface area contributed by atoms with Crippen molar-refractivity contribution in [2.24, 2.45) is 0 Å². The van der Waals surface area contributed by atoms with Crippen LogP contribution in [0.3, 0.4) is 0 Å². The molecule has 0 amide bonds. The third kappa shape index (κ3) is 2.35. The van der Waals surface area contributed by atoms with E-state index in [1.807, 2.05) is 0 Å². The molecular weight excluding hydrogens is 191 g/mol. The number of carbonyl (C=O) groups excluding carboxylic acids is 1. The third-order valence-corrected chi connectivity index (χ3v) is 1.46. The Bertz CT molecular complexity index is 237. The molecule has 3 N–H and O–H groups in total. The molecule has 1 aliphatic heterocycles. The van der Waals surface area contributed by atoms with E-state index in [1.54, 1.807) is 0 Å². The van der Waals surface area contributed by atoms with Crippen molar-refractivity contribution in [3.63, 3.8) is 0 Å². The summed E-state index contributed by atoms with van der Waals surface area (Å²) in [6.07, 6.45) is -2.95. The summed E-state index contributed by atoms with van der Waals surface area (Å²) in [5, 5.41) is 36.8. The smallest absolute Gasteiger partial charge is 0.870 e. The minimum absolute atomic E-state index is 0. The molecule has 1 unspecified atom stereocenters. The van der Waals surface area contributed by atoms with Gasteiger partial charge in [0, 0.05) is 0 Å². The first kappa shape index (κ1) is 12.7. The molecule has 13 heavy (non-hydrogen) atoms. The zero-order chi connectivity index (χ0) is 9.30. The van der Waals surface area contributed by atoms with Gasteiger partial charge in [-0.15, -0.1) is 0 Å². The second kappa shape index (κ2) is 4.83. The molecule has 7 heteroatoms. The maximum Gasteiger partial charge on any atom is 1.00 e. The summed E-state index contributed by atoms with van der Waals surface area (Å²) in [5.41, 5.74) is 0. The Labute approximate surface area is 95.7 Å². The summed E-state index contributed by atoms with van der Waals surface area (Å²) in [6.45, 7) is -0.711. The van der Waals surface area contributed by atoms with Gasteiger partial charge in [0.2, 0.25) is 0 Å². The van der Waals surface area contributed by atoms with Crippen LogP contribution in [-0.2, 0) is 9.53 Å². The number of carbonyl (C=O) groups is 1. The molecule has 68 valence electrons. The number of ether oxygens (including phenoxy) is 1. The monoisotopic (exact) mass is 198 g/mol. The van der Waals surface area contributed by atoms with Gasteiger partial charge in [0.15, 0.2) is 5.76 Å². The van der Waals surface area contributed by atoms with Crippen molar-refractivity contribution in [1.82, 2.24) is 0 Å². The van der Waals surface area contributed by atoms with Gasteiger partial charge in [0.1, 0.15) is 12.2 Å². The first-order chi connectivity index (χ1) is 5.57. The van der Waals surface area contributed by atoms with E-state index in [0.29, 0.717) is 0 Å². The van der Waals surface area contributed by atoms with Crippen LogP contribution in [0.2, 0.25) is 0 Å². The molecule has 0 saturated heterocycles. The van der Waals surface area contributed by atoms with Gasteiger partial charge in [-0.2, -0.15) is 0 Å². The molecule has 2 atom stereocenters. The second-order valence-electron chi connectivity index (χ2n) is 2.29. The fraction of sp³-hybridized carbons (Fsp3) is 0.500. The molecule has 0 spiro atoms. The van der Waals surface area contributed by atoms with E-state index in [0.717, 1.165) is 0 Å². The average Bonchev–Trinajstić information content (AvgIpc) is 2.32. The number of aliphatic hydroxyl groups is 3. The van der Waals surface area contributed by atoms with Gasteiger partial charge in [0.05, 0.1) is 6.61 Å². The maximum absolute atomic E-state index is 10.8. The van der Waals surface area contributed by atoms with E-state index >= 15 is 0 Å². The topological polar surface area (TPSA) is 110 Å². The maximum atomic E-state index is 10.8. The Balaban J connectivity index is 0.00000144. The van der Waals surface area contributed by atoms with Crippen LogP contribution in [0.1, 0.15) is 0 Å². The Hall–Kier alpha value is -0.270. The van der Waals surface area contributed by atoms with Gasteiger partial charge < -0.3 is 25.2 Å². The minimum atomic E-state index is -1.48. The number of aliphatic hydroxyl groups excluding tert-OH is 3. The van der Waals surface area contributed by atoms with Crippen LogP contribution in [0.4, 0.5) is 0 Å². The SMILES string of the molecule is O=C1O[C@H](C(O)CO)C([O-])=C1O.[Na+]. The van der Waals surface area contributed by atoms with E-state index in [2.05, 4.69) is 4.74 Å². The number of hydrogen-bond acceptors (Lipinski definition) is 6. The standard InChI is InChI=1S/C6H8O6.Na/c7-1-2(8)5-3(9)4(10)6(11)12-5;/h2,5,7-10H,1H2;/q;+1/p-1/t2?,5-;/m1./s1. The molecule has 6 nitrogen and oxygen atoms in total. The average molecular weight is 198 g/mol. The second-order valence-corrected chi connectivity index (χ2v) is 2.29. The molecule has 0 radical (unpaired) electrons. The molecule has 0 aromatic heterocycles. The zero-order valence-electron chi connectivity index (χ0n) is 6.93. The predicted molar refractivity (Wildman–Crippen MR) is 32.6 cm³/mol. The molecule has 0 aromatic carbocycles. The summed E-state index contributed by atoms with van der Waals surface area (Å²) < 4.78 is 4.25. The molecule has 0 saturated carbocycles. The molecule has 0 bridgehead atoms. The molecule has 1 aliphatic rings. The van der Waals surface area contributed by atoms with E-state index in [9.17, 15) is 9.90 Å².